The predicted molar refractivity (Wildman–Crippen MR) is 98.2 cm³/mol. The van der Waals surface area contributed by atoms with Crippen LogP contribution < -0.4 is 4.74 Å². The van der Waals surface area contributed by atoms with Crippen molar-refractivity contribution >= 4 is 11.6 Å². The standard InChI is InChI=1S/C19H22F2N4O3/c1-12(2)14-4-6-15(7-5-14)28-11-24-9-8-16(23-24)17(26)25-19(27,18(20)21)10-13(3)22-25/h4-9,12,18,27H,10-11H2,1-3H3. The summed E-state index contributed by atoms with van der Waals surface area (Å²) >= 11 is 0. The van der Waals surface area contributed by atoms with Gasteiger partial charge in [0.05, 0.1) is 0 Å². The first kappa shape index (κ1) is 19.9. The van der Waals surface area contributed by atoms with Crippen molar-refractivity contribution < 1.29 is 23.4 Å². The lowest BCUT2D eigenvalue weighted by Crippen LogP contribution is -2.51. The summed E-state index contributed by atoms with van der Waals surface area (Å²) in [6, 6.07) is 8.99. The maximum Gasteiger partial charge on any atom is 0.297 e. The molecule has 9 heteroatoms. The van der Waals surface area contributed by atoms with Crippen LogP contribution in [0.4, 0.5) is 8.78 Å². The largest absolute Gasteiger partial charge is 0.471 e. The van der Waals surface area contributed by atoms with Crippen molar-refractivity contribution in [2.75, 3.05) is 0 Å². The summed E-state index contributed by atoms with van der Waals surface area (Å²) in [4.78, 5) is 12.5. The van der Waals surface area contributed by atoms with Crippen molar-refractivity contribution in [3.63, 3.8) is 0 Å². The molecule has 0 aliphatic carbocycles. The van der Waals surface area contributed by atoms with Crippen molar-refractivity contribution in [2.24, 2.45) is 5.10 Å². The van der Waals surface area contributed by atoms with Gasteiger partial charge >= 0.3 is 0 Å². The molecule has 28 heavy (non-hydrogen) atoms. The Morgan fingerprint density at radius 2 is 1.96 bits per heavy atom. The summed E-state index contributed by atoms with van der Waals surface area (Å²) in [5.74, 6) is 0.150. The molecule has 1 unspecified atom stereocenters. The minimum atomic E-state index is -3.16. The number of hydrogen-bond donors (Lipinski definition) is 1. The highest BCUT2D eigenvalue weighted by Gasteiger charge is 2.51. The Kier molecular flexibility index (Phi) is 5.46. The number of nitrogens with zero attached hydrogens (tertiary/aromatic N) is 4. The van der Waals surface area contributed by atoms with Gasteiger partial charge in [-0.1, -0.05) is 26.0 Å². The van der Waals surface area contributed by atoms with Gasteiger partial charge in [-0.2, -0.15) is 15.2 Å². The fourth-order valence-electron chi connectivity index (χ4n) is 2.88. The molecule has 0 saturated carbocycles. The number of halogens is 2. The molecule has 1 aliphatic rings. The Balaban J connectivity index is 1.67. The third-order valence-corrected chi connectivity index (χ3v) is 4.47. The molecule has 1 aromatic heterocycles. The zero-order valence-corrected chi connectivity index (χ0v) is 15.8. The Bertz CT molecular complexity index is 880. The van der Waals surface area contributed by atoms with Gasteiger partial charge in [0.25, 0.3) is 12.3 Å². The average Bonchev–Trinajstić information content (AvgIpc) is 3.24. The maximum absolute atomic E-state index is 13.3. The number of ether oxygens (including phenoxy) is 1. The van der Waals surface area contributed by atoms with E-state index in [4.69, 9.17) is 4.74 Å². The number of hydrazone groups is 1. The summed E-state index contributed by atoms with van der Waals surface area (Å²) in [5, 5.41) is 18.3. The van der Waals surface area contributed by atoms with Gasteiger partial charge in [-0.3, -0.25) is 4.79 Å². The number of rotatable bonds is 6. The molecule has 2 aromatic rings. The maximum atomic E-state index is 13.3. The third kappa shape index (κ3) is 3.89. The van der Waals surface area contributed by atoms with Crippen molar-refractivity contribution in [3.05, 3.63) is 47.8 Å². The molecule has 0 saturated heterocycles. The van der Waals surface area contributed by atoms with E-state index in [2.05, 4.69) is 24.0 Å². The van der Waals surface area contributed by atoms with Crippen LogP contribution in [-0.2, 0) is 6.73 Å². The first-order valence-electron chi connectivity index (χ1n) is 8.86. The average molecular weight is 392 g/mol. The van der Waals surface area contributed by atoms with Crippen LogP contribution in [0.15, 0.2) is 41.6 Å². The number of carbonyl (C=O) groups is 1. The summed E-state index contributed by atoms with van der Waals surface area (Å²) in [5.41, 5.74) is -1.34. The van der Waals surface area contributed by atoms with Gasteiger partial charge < -0.3 is 9.84 Å². The third-order valence-electron chi connectivity index (χ3n) is 4.47. The highest BCUT2D eigenvalue weighted by atomic mass is 19.3. The van der Waals surface area contributed by atoms with E-state index in [9.17, 15) is 18.7 Å². The zero-order chi connectivity index (χ0) is 20.5. The number of benzene rings is 1. The van der Waals surface area contributed by atoms with Crippen LogP contribution in [0.5, 0.6) is 5.75 Å². The topological polar surface area (TPSA) is 80.0 Å². The van der Waals surface area contributed by atoms with Gasteiger partial charge in [0.1, 0.15) is 5.75 Å². The molecule has 1 N–H and O–H groups in total. The zero-order valence-electron chi connectivity index (χ0n) is 15.8. The van der Waals surface area contributed by atoms with Crippen LogP contribution in [0.3, 0.4) is 0 Å². The van der Waals surface area contributed by atoms with Crippen molar-refractivity contribution in [3.8, 4) is 5.75 Å². The molecular weight excluding hydrogens is 370 g/mol. The van der Waals surface area contributed by atoms with Crippen molar-refractivity contribution in [1.82, 2.24) is 14.8 Å². The molecule has 0 bridgehead atoms. The number of hydrogen-bond acceptors (Lipinski definition) is 5. The fourth-order valence-corrected chi connectivity index (χ4v) is 2.88. The van der Waals surface area contributed by atoms with Crippen LogP contribution >= 0.6 is 0 Å². The van der Waals surface area contributed by atoms with E-state index in [1.807, 2.05) is 24.3 Å². The van der Waals surface area contributed by atoms with Crippen LogP contribution in [0.1, 0.15) is 49.2 Å². The van der Waals surface area contributed by atoms with Gasteiger partial charge in [0.2, 0.25) is 5.72 Å². The van der Waals surface area contributed by atoms with E-state index in [0.717, 1.165) is 0 Å². The molecule has 1 atom stereocenters. The summed E-state index contributed by atoms with van der Waals surface area (Å²) in [6.45, 7) is 5.70. The first-order chi connectivity index (χ1) is 13.2. The second kappa shape index (κ2) is 7.67. The lowest BCUT2D eigenvalue weighted by Gasteiger charge is -2.29. The summed E-state index contributed by atoms with van der Waals surface area (Å²) < 4.78 is 33.5. The predicted octanol–water partition coefficient (Wildman–Crippen LogP) is 3.22. The Labute approximate surface area is 161 Å². The molecule has 1 aromatic carbocycles. The molecular formula is C19H22F2N4O3. The van der Waals surface area contributed by atoms with E-state index < -0.39 is 24.5 Å². The van der Waals surface area contributed by atoms with Gasteiger partial charge in [0.15, 0.2) is 12.4 Å². The Hall–Kier alpha value is -2.81. The summed E-state index contributed by atoms with van der Waals surface area (Å²) in [7, 11) is 0. The van der Waals surface area contributed by atoms with E-state index in [0.29, 0.717) is 16.7 Å². The number of alkyl halides is 2. The van der Waals surface area contributed by atoms with Crippen molar-refractivity contribution in [1.29, 1.82) is 0 Å². The molecule has 0 radical (unpaired) electrons. The number of carbonyl (C=O) groups excluding carboxylic acids is 1. The van der Waals surface area contributed by atoms with E-state index >= 15 is 0 Å². The molecule has 0 spiro atoms. The van der Waals surface area contributed by atoms with Crippen molar-refractivity contribution in [2.45, 2.75) is 52.0 Å². The van der Waals surface area contributed by atoms with Gasteiger partial charge in [-0.15, -0.1) is 0 Å². The minimum absolute atomic E-state index is 0.0374. The minimum Gasteiger partial charge on any atom is -0.471 e. The normalized spacial score (nSPS) is 19.4. The lowest BCUT2D eigenvalue weighted by atomic mass is 10.0. The molecule has 150 valence electrons. The van der Waals surface area contributed by atoms with E-state index in [-0.39, 0.29) is 18.1 Å². The smallest absolute Gasteiger partial charge is 0.297 e. The lowest BCUT2D eigenvalue weighted by molar-refractivity contribution is -0.164. The molecule has 1 aliphatic heterocycles. The SMILES string of the molecule is CC1=NN(C(=O)c2ccn(COc3ccc(C(C)C)cc3)n2)C(O)(C(F)F)C1. The molecule has 3 rings (SSSR count). The Morgan fingerprint density at radius 1 is 1.29 bits per heavy atom. The second-order valence-electron chi connectivity index (χ2n) is 7.05. The van der Waals surface area contributed by atoms with Crippen LogP contribution in [0, 0.1) is 0 Å². The fraction of sp³-hybridized carbons (Fsp3) is 0.421. The Morgan fingerprint density at radius 3 is 2.57 bits per heavy atom. The molecule has 2 heterocycles. The number of aromatic nitrogens is 2. The van der Waals surface area contributed by atoms with Gasteiger partial charge in [0, 0.05) is 18.3 Å². The molecule has 7 nitrogen and oxygen atoms in total. The van der Waals surface area contributed by atoms with E-state index in [1.54, 1.807) is 0 Å². The van der Waals surface area contributed by atoms with Crippen LogP contribution in [-0.4, -0.2) is 43.7 Å². The van der Waals surface area contributed by atoms with Gasteiger partial charge in [-0.25, -0.2) is 13.5 Å². The molecule has 1 amide bonds. The van der Waals surface area contributed by atoms with Gasteiger partial charge in [-0.05, 0) is 36.6 Å². The quantitative estimate of drug-likeness (QED) is 0.819. The van der Waals surface area contributed by atoms with Crippen LogP contribution in [0.2, 0.25) is 0 Å². The van der Waals surface area contributed by atoms with Crippen LogP contribution in [0.25, 0.3) is 0 Å². The number of amides is 1. The second-order valence-corrected chi connectivity index (χ2v) is 7.05. The highest BCUT2D eigenvalue weighted by Crippen LogP contribution is 2.32. The van der Waals surface area contributed by atoms with E-state index in [1.165, 1.54) is 29.4 Å². The number of aliphatic hydroxyl groups is 1. The monoisotopic (exact) mass is 392 g/mol. The highest BCUT2D eigenvalue weighted by molar-refractivity contribution is 5.96. The molecule has 0 fully saturated rings. The summed E-state index contributed by atoms with van der Waals surface area (Å²) in [6.07, 6.45) is -2.08. The first-order valence-corrected chi connectivity index (χ1v) is 8.86.